The fourth-order valence-corrected chi connectivity index (χ4v) is 4.00. The third-order valence-corrected chi connectivity index (χ3v) is 6.69. The van der Waals surface area contributed by atoms with E-state index in [0.29, 0.717) is 27.3 Å². The predicted molar refractivity (Wildman–Crippen MR) is 166 cm³/mol. The lowest BCUT2D eigenvalue weighted by molar-refractivity contribution is -0.123. The molecule has 1 amide bonds. The smallest absolute Gasteiger partial charge is 0.343 e. The van der Waals surface area contributed by atoms with Crippen molar-refractivity contribution in [3.8, 4) is 17.2 Å². The van der Waals surface area contributed by atoms with Gasteiger partial charge >= 0.3 is 11.9 Å². The second kappa shape index (κ2) is 14.5. The quantitative estimate of drug-likeness (QED) is 0.0860. The summed E-state index contributed by atoms with van der Waals surface area (Å²) in [5, 5.41) is 4.93. The van der Waals surface area contributed by atoms with Crippen LogP contribution in [0.3, 0.4) is 0 Å². The van der Waals surface area contributed by atoms with Gasteiger partial charge < -0.3 is 14.2 Å². The molecular formula is C33H28Cl2N2O6. The molecule has 0 fully saturated rings. The van der Waals surface area contributed by atoms with Crippen molar-refractivity contribution in [2.75, 3.05) is 6.61 Å². The summed E-state index contributed by atoms with van der Waals surface area (Å²) in [4.78, 5) is 37.9. The molecule has 4 aromatic carbocycles. The maximum atomic E-state index is 12.8. The van der Waals surface area contributed by atoms with E-state index in [1.54, 1.807) is 24.3 Å². The first-order valence-electron chi connectivity index (χ1n) is 13.2. The number of rotatable bonds is 10. The van der Waals surface area contributed by atoms with Crippen LogP contribution in [0.5, 0.6) is 17.2 Å². The first kappa shape index (κ1) is 31.3. The number of amides is 1. The van der Waals surface area contributed by atoms with E-state index in [2.05, 4.69) is 24.4 Å². The Kier molecular flexibility index (Phi) is 10.5. The molecule has 4 rings (SSSR count). The zero-order valence-electron chi connectivity index (χ0n) is 23.6. The highest BCUT2D eigenvalue weighted by Gasteiger charge is 2.15. The Labute approximate surface area is 259 Å². The van der Waals surface area contributed by atoms with Gasteiger partial charge in [-0.15, -0.1) is 0 Å². The number of hydrazone groups is 1. The minimum absolute atomic E-state index is 0.0386. The van der Waals surface area contributed by atoms with Crippen molar-refractivity contribution in [2.24, 2.45) is 5.10 Å². The van der Waals surface area contributed by atoms with Gasteiger partial charge in [-0.2, -0.15) is 5.10 Å². The van der Waals surface area contributed by atoms with Crippen molar-refractivity contribution in [1.29, 1.82) is 0 Å². The molecule has 0 aliphatic heterocycles. The van der Waals surface area contributed by atoms with E-state index in [1.807, 2.05) is 25.1 Å². The van der Waals surface area contributed by atoms with E-state index < -0.39 is 17.8 Å². The molecule has 0 saturated carbocycles. The standard InChI is InChI=1S/C33H28Cl2N2O6/c1-20(2)24-5-4-21(3)29(16-24)41-19-31(38)37-36-18-25-10-15-28(42-32(39)22-6-11-26(34)12-7-22)17-30(25)43-33(40)23-8-13-27(35)14-9-23/h4-18,20H,19H2,1-3H3,(H,37,38)/b36-18+. The van der Waals surface area contributed by atoms with Crippen molar-refractivity contribution in [1.82, 2.24) is 5.43 Å². The molecule has 0 bridgehead atoms. The van der Waals surface area contributed by atoms with Crippen LogP contribution in [-0.4, -0.2) is 30.7 Å². The Morgan fingerprint density at radius 3 is 2.00 bits per heavy atom. The summed E-state index contributed by atoms with van der Waals surface area (Å²) in [7, 11) is 0. The first-order chi connectivity index (χ1) is 20.6. The van der Waals surface area contributed by atoms with Crippen molar-refractivity contribution < 1.29 is 28.6 Å². The summed E-state index contributed by atoms with van der Waals surface area (Å²) in [5.74, 6) is -0.705. The van der Waals surface area contributed by atoms with Crippen LogP contribution < -0.4 is 19.6 Å². The van der Waals surface area contributed by atoms with Gasteiger partial charge in [-0.3, -0.25) is 4.79 Å². The van der Waals surface area contributed by atoms with Gasteiger partial charge in [0.25, 0.3) is 5.91 Å². The second-order valence-electron chi connectivity index (χ2n) is 9.75. The van der Waals surface area contributed by atoms with E-state index in [1.165, 1.54) is 48.7 Å². The molecule has 0 heterocycles. The molecule has 1 N–H and O–H groups in total. The van der Waals surface area contributed by atoms with Gasteiger partial charge in [-0.05, 0) is 90.7 Å². The molecule has 0 atom stereocenters. The number of benzene rings is 4. The molecule has 8 nitrogen and oxygen atoms in total. The minimum atomic E-state index is -0.677. The lowest BCUT2D eigenvalue weighted by Crippen LogP contribution is -2.24. The maximum Gasteiger partial charge on any atom is 0.343 e. The Hall–Kier alpha value is -4.66. The lowest BCUT2D eigenvalue weighted by Gasteiger charge is -2.12. The molecule has 0 spiro atoms. The number of esters is 2. The molecule has 0 radical (unpaired) electrons. The monoisotopic (exact) mass is 618 g/mol. The molecule has 0 unspecified atom stereocenters. The molecule has 0 aromatic heterocycles. The number of aryl methyl sites for hydroxylation is 1. The summed E-state index contributed by atoms with van der Waals surface area (Å²) in [6.45, 7) is 5.80. The number of hydrogen-bond acceptors (Lipinski definition) is 7. The number of nitrogens with zero attached hydrogens (tertiary/aromatic N) is 1. The SMILES string of the molecule is Cc1ccc(C(C)C)cc1OCC(=O)N/N=C/c1ccc(OC(=O)c2ccc(Cl)cc2)cc1OC(=O)c1ccc(Cl)cc1. The normalized spacial score (nSPS) is 10.9. The predicted octanol–water partition coefficient (Wildman–Crippen LogP) is 7.39. The van der Waals surface area contributed by atoms with Crippen LogP contribution in [0.15, 0.2) is 90.0 Å². The van der Waals surface area contributed by atoms with Crippen LogP contribution in [0.25, 0.3) is 0 Å². The molecule has 0 aliphatic carbocycles. The summed E-state index contributed by atoms with van der Waals surface area (Å²) in [6, 6.07) is 22.6. The van der Waals surface area contributed by atoms with Crippen LogP contribution in [0.2, 0.25) is 10.0 Å². The Morgan fingerprint density at radius 2 is 1.40 bits per heavy atom. The van der Waals surface area contributed by atoms with Crippen LogP contribution in [-0.2, 0) is 4.79 Å². The number of nitrogens with one attached hydrogen (secondary N) is 1. The highest BCUT2D eigenvalue weighted by molar-refractivity contribution is 6.31. The summed E-state index contributed by atoms with van der Waals surface area (Å²) in [5.41, 5.74) is 5.27. The van der Waals surface area contributed by atoms with Crippen LogP contribution in [0, 0.1) is 6.92 Å². The zero-order valence-corrected chi connectivity index (χ0v) is 25.1. The topological polar surface area (TPSA) is 103 Å². The number of ether oxygens (including phenoxy) is 3. The van der Waals surface area contributed by atoms with Gasteiger partial charge in [-0.1, -0.05) is 49.2 Å². The zero-order chi connectivity index (χ0) is 30.9. The van der Waals surface area contributed by atoms with Crippen molar-refractivity contribution in [3.63, 3.8) is 0 Å². The molecule has 220 valence electrons. The molecule has 0 aliphatic rings. The fraction of sp³-hybridized carbons (Fsp3) is 0.152. The fourth-order valence-electron chi connectivity index (χ4n) is 3.75. The molecule has 4 aromatic rings. The number of halogens is 2. The lowest BCUT2D eigenvalue weighted by atomic mass is 10.0. The third-order valence-electron chi connectivity index (χ3n) is 6.19. The van der Waals surface area contributed by atoms with Gasteiger partial charge in [0, 0.05) is 21.7 Å². The van der Waals surface area contributed by atoms with Gasteiger partial charge in [0.15, 0.2) is 6.61 Å². The number of carbonyl (C=O) groups excluding carboxylic acids is 3. The minimum Gasteiger partial charge on any atom is -0.483 e. The maximum absolute atomic E-state index is 12.8. The van der Waals surface area contributed by atoms with E-state index >= 15 is 0 Å². The first-order valence-corrected chi connectivity index (χ1v) is 14.0. The largest absolute Gasteiger partial charge is 0.483 e. The molecular weight excluding hydrogens is 591 g/mol. The van der Waals surface area contributed by atoms with Crippen molar-refractivity contribution >= 4 is 47.3 Å². The van der Waals surface area contributed by atoms with Gasteiger partial charge in [0.05, 0.1) is 17.3 Å². The highest BCUT2D eigenvalue weighted by atomic mass is 35.5. The molecule has 10 heteroatoms. The highest BCUT2D eigenvalue weighted by Crippen LogP contribution is 2.27. The third kappa shape index (κ3) is 8.91. The number of carbonyl (C=O) groups is 3. The van der Waals surface area contributed by atoms with Crippen molar-refractivity contribution in [3.05, 3.63) is 123 Å². The van der Waals surface area contributed by atoms with E-state index in [0.717, 1.165) is 11.1 Å². The molecule has 43 heavy (non-hydrogen) atoms. The average Bonchev–Trinajstić information content (AvgIpc) is 2.98. The van der Waals surface area contributed by atoms with Crippen LogP contribution in [0.1, 0.15) is 57.2 Å². The average molecular weight is 620 g/mol. The van der Waals surface area contributed by atoms with E-state index in [4.69, 9.17) is 37.4 Å². The summed E-state index contributed by atoms with van der Waals surface area (Å²) < 4.78 is 16.8. The van der Waals surface area contributed by atoms with E-state index in [-0.39, 0.29) is 29.2 Å². The van der Waals surface area contributed by atoms with Gasteiger partial charge in [0.1, 0.15) is 17.2 Å². The molecule has 0 saturated heterocycles. The van der Waals surface area contributed by atoms with Crippen LogP contribution in [0.4, 0.5) is 0 Å². The van der Waals surface area contributed by atoms with E-state index in [9.17, 15) is 14.4 Å². The second-order valence-corrected chi connectivity index (χ2v) is 10.6. The van der Waals surface area contributed by atoms with Crippen molar-refractivity contribution in [2.45, 2.75) is 26.7 Å². The van der Waals surface area contributed by atoms with Crippen LogP contribution >= 0.6 is 23.2 Å². The summed E-state index contributed by atoms with van der Waals surface area (Å²) >= 11 is 11.8. The Morgan fingerprint density at radius 1 is 0.791 bits per heavy atom. The van der Waals surface area contributed by atoms with Gasteiger partial charge in [0.2, 0.25) is 0 Å². The van der Waals surface area contributed by atoms with Gasteiger partial charge in [-0.25, -0.2) is 15.0 Å². The Balaban J connectivity index is 1.48. The Bertz CT molecular complexity index is 1650. The number of hydrogen-bond donors (Lipinski definition) is 1. The summed E-state index contributed by atoms with van der Waals surface area (Å²) in [6.07, 6.45) is 1.30.